The molecular formula is C17H16N4O2. The zero-order valence-corrected chi connectivity index (χ0v) is 12.9. The molecule has 2 heterocycles. The molecule has 0 bridgehead atoms. The molecule has 3 rings (SSSR count). The Kier molecular flexibility index (Phi) is 3.89. The van der Waals surface area contributed by atoms with Crippen LogP contribution in [0, 0.1) is 0 Å². The van der Waals surface area contributed by atoms with E-state index in [0.29, 0.717) is 10.8 Å². The van der Waals surface area contributed by atoms with Gasteiger partial charge in [0.05, 0.1) is 11.4 Å². The van der Waals surface area contributed by atoms with Crippen LogP contribution >= 0.6 is 0 Å². The van der Waals surface area contributed by atoms with E-state index in [1.807, 2.05) is 19.1 Å². The maximum Gasteiger partial charge on any atom is 0.274 e. The first-order valence-electron chi connectivity index (χ1n) is 7.25. The summed E-state index contributed by atoms with van der Waals surface area (Å²) in [4.78, 5) is 28.7. The SMILES string of the molecule is CC(NC(=O)c1nn(C)c(=O)c2ccccc12)c1ccncc1. The van der Waals surface area contributed by atoms with E-state index in [1.165, 1.54) is 11.7 Å². The number of carbonyl (C=O) groups excluding carboxylic acids is 1. The highest BCUT2D eigenvalue weighted by Crippen LogP contribution is 2.15. The molecule has 1 atom stereocenters. The molecule has 0 aliphatic rings. The topological polar surface area (TPSA) is 76.9 Å². The van der Waals surface area contributed by atoms with E-state index in [-0.39, 0.29) is 23.2 Å². The smallest absolute Gasteiger partial charge is 0.274 e. The van der Waals surface area contributed by atoms with Crippen LogP contribution in [0.1, 0.15) is 29.0 Å². The molecule has 23 heavy (non-hydrogen) atoms. The van der Waals surface area contributed by atoms with E-state index in [2.05, 4.69) is 15.4 Å². The van der Waals surface area contributed by atoms with Crippen molar-refractivity contribution in [1.29, 1.82) is 0 Å². The standard InChI is InChI=1S/C17H16N4O2/c1-11(12-7-9-18-10-8-12)19-16(22)15-13-5-3-4-6-14(13)17(23)21(2)20-15/h3-11H,1-2H3,(H,19,22). The molecule has 0 saturated carbocycles. The van der Waals surface area contributed by atoms with Crippen molar-refractivity contribution < 1.29 is 4.79 Å². The summed E-state index contributed by atoms with van der Waals surface area (Å²) in [5, 5.41) is 8.06. The predicted octanol–water partition coefficient (Wildman–Crippen LogP) is 1.82. The van der Waals surface area contributed by atoms with Gasteiger partial charge in [0.2, 0.25) is 0 Å². The Hall–Kier alpha value is -3.02. The van der Waals surface area contributed by atoms with Gasteiger partial charge in [0.15, 0.2) is 5.69 Å². The first kappa shape index (κ1) is 14.9. The molecule has 1 amide bonds. The Morgan fingerprint density at radius 1 is 1.13 bits per heavy atom. The minimum atomic E-state index is -0.318. The molecule has 116 valence electrons. The normalized spacial score (nSPS) is 12.1. The van der Waals surface area contributed by atoms with Crippen LogP contribution in [0.25, 0.3) is 10.8 Å². The predicted molar refractivity (Wildman–Crippen MR) is 87.1 cm³/mol. The monoisotopic (exact) mass is 308 g/mol. The first-order chi connectivity index (χ1) is 11.1. The van der Waals surface area contributed by atoms with Crippen molar-refractivity contribution in [2.75, 3.05) is 0 Å². The van der Waals surface area contributed by atoms with E-state index in [0.717, 1.165) is 5.56 Å². The lowest BCUT2D eigenvalue weighted by molar-refractivity contribution is 0.0934. The molecular weight excluding hydrogens is 292 g/mol. The second kappa shape index (κ2) is 6.00. The highest BCUT2D eigenvalue weighted by Gasteiger charge is 2.17. The van der Waals surface area contributed by atoms with Crippen LogP contribution in [0.2, 0.25) is 0 Å². The van der Waals surface area contributed by atoms with E-state index in [4.69, 9.17) is 0 Å². The number of aromatic nitrogens is 3. The highest BCUT2D eigenvalue weighted by molar-refractivity contribution is 6.04. The summed E-state index contributed by atoms with van der Waals surface area (Å²) in [7, 11) is 1.54. The number of rotatable bonds is 3. The summed E-state index contributed by atoms with van der Waals surface area (Å²) in [6, 6.07) is 10.5. The number of fused-ring (bicyclic) bond motifs is 1. The largest absolute Gasteiger partial charge is 0.344 e. The van der Waals surface area contributed by atoms with Crippen molar-refractivity contribution in [3.63, 3.8) is 0 Å². The Morgan fingerprint density at radius 2 is 1.78 bits per heavy atom. The average Bonchev–Trinajstić information content (AvgIpc) is 2.58. The van der Waals surface area contributed by atoms with E-state index >= 15 is 0 Å². The van der Waals surface area contributed by atoms with Gasteiger partial charge in [-0.1, -0.05) is 18.2 Å². The quantitative estimate of drug-likeness (QED) is 0.800. The Morgan fingerprint density at radius 3 is 2.48 bits per heavy atom. The molecule has 3 aromatic rings. The molecule has 0 saturated heterocycles. The Labute approximate surface area is 132 Å². The van der Waals surface area contributed by atoms with Gasteiger partial charge in [-0.3, -0.25) is 14.6 Å². The van der Waals surface area contributed by atoms with Gasteiger partial charge < -0.3 is 5.32 Å². The minimum Gasteiger partial charge on any atom is -0.344 e. The molecule has 1 aromatic carbocycles. The second-order valence-corrected chi connectivity index (χ2v) is 5.30. The summed E-state index contributed by atoms with van der Waals surface area (Å²) in [5.74, 6) is -0.318. The third kappa shape index (κ3) is 2.83. The minimum absolute atomic E-state index is 0.191. The molecule has 6 heteroatoms. The number of nitrogens with zero attached hydrogens (tertiary/aromatic N) is 3. The van der Waals surface area contributed by atoms with Crippen molar-refractivity contribution in [1.82, 2.24) is 20.1 Å². The summed E-state index contributed by atoms with van der Waals surface area (Å²) < 4.78 is 1.19. The summed E-state index contributed by atoms with van der Waals surface area (Å²) in [6.07, 6.45) is 3.36. The fraction of sp³-hybridized carbons (Fsp3) is 0.176. The first-order valence-corrected chi connectivity index (χ1v) is 7.25. The molecule has 0 aliphatic heterocycles. The number of benzene rings is 1. The lowest BCUT2D eigenvalue weighted by Crippen LogP contribution is -2.31. The second-order valence-electron chi connectivity index (χ2n) is 5.30. The van der Waals surface area contributed by atoms with Gasteiger partial charge in [-0.15, -0.1) is 0 Å². The van der Waals surface area contributed by atoms with Crippen LogP contribution in [-0.4, -0.2) is 20.7 Å². The van der Waals surface area contributed by atoms with Crippen LogP contribution in [0.5, 0.6) is 0 Å². The van der Waals surface area contributed by atoms with Gasteiger partial charge in [0.1, 0.15) is 0 Å². The molecule has 0 fully saturated rings. The highest BCUT2D eigenvalue weighted by atomic mass is 16.2. The number of nitrogens with one attached hydrogen (secondary N) is 1. The third-order valence-corrected chi connectivity index (χ3v) is 3.73. The third-order valence-electron chi connectivity index (χ3n) is 3.73. The molecule has 0 spiro atoms. The van der Waals surface area contributed by atoms with E-state index in [1.54, 1.807) is 36.7 Å². The van der Waals surface area contributed by atoms with Gasteiger partial charge in [-0.2, -0.15) is 5.10 Å². The molecule has 0 aliphatic carbocycles. The number of aryl methyl sites for hydroxylation is 1. The van der Waals surface area contributed by atoms with Crippen molar-refractivity contribution >= 4 is 16.7 Å². The summed E-state index contributed by atoms with van der Waals surface area (Å²) in [5.41, 5.74) is 0.963. The number of carbonyl (C=O) groups is 1. The van der Waals surface area contributed by atoms with Crippen LogP contribution < -0.4 is 10.9 Å². The van der Waals surface area contributed by atoms with Gasteiger partial charge in [-0.05, 0) is 30.7 Å². The summed E-state index contributed by atoms with van der Waals surface area (Å²) >= 11 is 0. The lowest BCUT2D eigenvalue weighted by atomic mass is 10.1. The van der Waals surface area contributed by atoms with Gasteiger partial charge >= 0.3 is 0 Å². The lowest BCUT2D eigenvalue weighted by Gasteiger charge is -2.15. The zero-order valence-electron chi connectivity index (χ0n) is 12.9. The fourth-order valence-corrected chi connectivity index (χ4v) is 2.47. The van der Waals surface area contributed by atoms with Gasteiger partial charge in [0.25, 0.3) is 11.5 Å². The van der Waals surface area contributed by atoms with Crippen LogP contribution in [0.4, 0.5) is 0 Å². The van der Waals surface area contributed by atoms with Crippen molar-refractivity contribution in [2.45, 2.75) is 13.0 Å². The van der Waals surface area contributed by atoms with Crippen molar-refractivity contribution in [3.05, 3.63) is 70.4 Å². The maximum atomic E-state index is 12.6. The van der Waals surface area contributed by atoms with Crippen molar-refractivity contribution in [2.24, 2.45) is 7.05 Å². The van der Waals surface area contributed by atoms with E-state index < -0.39 is 0 Å². The number of hydrogen-bond acceptors (Lipinski definition) is 4. The van der Waals surface area contributed by atoms with Crippen LogP contribution in [-0.2, 0) is 7.05 Å². The van der Waals surface area contributed by atoms with Gasteiger partial charge in [-0.25, -0.2) is 4.68 Å². The number of hydrogen-bond donors (Lipinski definition) is 1. The Balaban J connectivity index is 1.99. The molecule has 1 N–H and O–H groups in total. The molecule has 0 radical (unpaired) electrons. The molecule has 2 aromatic heterocycles. The van der Waals surface area contributed by atoms with Crippen LogP contribution in [0.15, 0.2) is 53.6 Å². The fourth-order valence-electron chi connectivity index (χ4n) is 2.47. The number of pyridine rings is 1. The number of amides is 1. The maximum absolute atomic E-state index is 12.6. The molecule has 1 unspecified atom stereocenters. The van der Waals surface area contributed by atoms with Crippen molar-refractivity contribution in [3.8, 4) is 0 Å². The van der Waals surface area contributed by atoms with Crippen LogP contribution in [0.3, 0.4) is 0 Å². The average molecular weight is 308 g/mol. The van der Waals surface area contributed by atoms with E-state index in [9.17, 15) is 9.59 Å². The summed E-state index contributed by atoms with van der Waals surface area (Å²) in [6.45, 7) is 1.89. The Bertz CT molecular complexity index is 919. The van der Waals surface area contributed by atoms with Gasteiger partial charge in [0, 0.05) is 24.8 Å². The zero-order chi connectivity index (χ0) is 16.4. The molecule has 6 nitrogen and oxygen atoms in total.